The minimum absolute atomic E-state index is 0.0318. The van der Waals surface area contributed by atoms with Crippen molar-refractivity contribution in [1.29, 1.82) is 0 Å². The molecule has 1 aliphatic heterocycles. The molecule has 28 heavy (non-hydrogen) atoms. The van der Waals surface area contributed by atoms with Crippen molar-refractivity contribution in [3.63, 3.8) is 0 Å². The molecule has 1 heterocycles. The predicted octanol–water partition coefficient (Wildman–Crippen LogP) is 3.10. The van der Waals surface area contributed by atoms with Gasteiger partial charge in [0.25, 0.3) is 0 Å². The zero-order valence-corrected chi connectivity index (χ0v) is 17.1. The van der Waals surface area contributed by atoms with Crippen LogP contribution in [0, 0.1) is 0 Å². The highest BCUT2D eigenvalue weighted by molar-refractivity contribution is 5.76. The lowest BCUT2D eigenvalue weighted by molar-refractivity contribution is -0.121. The van der Waals surface area contributed by atoms with Crippen molar-refractivity contribution in [2.75, 3.05) is 25.0 Å². The van der Waals surface area contributed by atoms with E-state index in [1.54, 1.807) is 0 Å². The van der Waals surface area contributed by atoms with Crippen LogP contribution in [0.4, 0.5) is 10.5 Å². The molecule has 1 aromatic carbocycles. The Morgan fingerprint density at radius 3 is 2.75 bits per heavy atom. The fraction of sp³-hybridized carbons (Fsp3) is 0.636. The second-order valence-electron chi connectivity index (χ2n) is 8.10. The van der Waals surface area contributed by atoms with Crippen molar-refractivity contribution in [3.05, 3.63) is 29.3 Å². The van der Waals surface area contributed by atoms with Crippen molar-refractivity contribution in [2.45, 2.75) is 70.4 Å². The third kappa shape index (κ3) is 6.14. The summed E-state index contributed by atoms with van der Waals surface area (Å²) in [5.74, 6) is 0.0318. The van der Waals surface area contributed by atoms with E-state index in [2.05, 4.69) is 46.1 Å². The first-order valence-electron chi connectivity index (χ1n) is 10.8. The Labute approximate surface area is 168 Å². The Morgan fingerprint density at radius 2 is 1.93 bits per heavy atom. The van der Waals surface area contributed by atoms with Gasteiger partial charge in [-0.05, 0) is 49.3 Å². The van der Waals surface area contributed by atoms with Crippen LogP contribution < -0.4 is 20.9 Å². The first-order chi connectivity index (χ1) is 13.6. The van der Waals surface area contributed by atoms with E-state index in [1.165, 1.54) is 36.9 Å². The van der Waals surface area contributed by atoms with Gasteiger partial charge in [-0.25, -0.2) is 4.79 Å². The molecule has 1 fully saturated rings. The third-order valence-corrected chi connectivity index (χ3v) is 5.79. The molecule has 0 saturated heterocycles. The van der Waals surface area contributed by atoms with E-state index in [0.717, 1.165) is 31.4 Å². The number of aryl methyl sites for hydroxylation is 1. The lowest BCUT2D eigenvalue weighted by Gasteiger charge is -2.27. The van der Waals surface area contributed by atoms with Crippen LogP contribution in [0.15, 0.2) is 18.2 Å². The van der Waals surface area contributed by atoms with Gasteiger partial charge in [0.05, 0.1) is 0 Å². The molecule has 0 bridgehead atoms. The number of hydrogen-bond donors (Lipinski definition) is 3. The van der Waals surface area contributed by atoms with Crippen molar-refractivity contribution in [3.8, 4) is 0 Å². The monoisotopic (exact) mass is 386 g/mol. The SMILES string of the molecule is CN1CCCc2cc(CNC(=O)CCCNC(=O)NC3CCCCC3)ccc21. The second-order valence-corrected chi connectivity index (χ2v) is 8.10. The smallest absolute Gasteiger partial charge is 0.315 e. The summed E-state index contributed by atoms with van der Waals surface area (Å²) in [6, 6.07) is 6.67. The zero-order valence-electron chi connectivity index (χ0n) is 17.1. The number of hydrogen-bond acceptors (Lipinski definition) is 3. The average Bonchev–Trinajstić information content (AvgIpc) is 2.70. The molecule has 3 rings (SSSR count). The summed E-state index contributed by atoms with van der Waals surface area (Å²) in [6.07, 6.45) is 9.20. The predicted molar refractivity (Wildman–Crippen MR) is 113 cm³/mol. The molecule has 0 radical (unpaired) electrons. The van der Waals surface area contributed by atoms with Gasteiger partial charge < -0.3 is 20.9 Å². The van der Waals surface area contributed by atoms with Gasteiger partial charge in [-0.15, -0.1) is 0 Å². The number of carbonyl (C=O) groups excluding carboxylic acids is 2. The fourth-order valence-corrected chi connectivity index (χ4v) is 4.17. The van der Waals surface area contributed by atoms with Crippen LogP contribution in [0.1, 0.15) is 62.5 Å². The van der Waals surface area contributed by atoms with E-state index in [4.69, 9.17) is 0 Å². The van der Waals surface area contributed by atoms with Gasteiger partial charge in [0.2, 0.25) is 5.91 Å². The molecule has 3 N–H and O–H groups in total. The topological polar surface area (TPSA) is 73.5 Å². The molecule has 2 aliphatic rings. The summed E-state index contributed by atoms with van der Waals surface area (Å²) >= 11 is 0. The standard InChI is InChI=1S/C22H34N4O2/c1-26-14-6-7-18-15-17(11-12-20(18)26)16-24-21(27)10-5-13-23-22(28)25-19-8-3-2-4-9-19/h11-12,15,19H,2-10,13-14,16H2,1H3,(H,24,27)(H2,23,25,28). The maximum absolute atomic E-state index is 12.1. The van der Waals surface area contributed by atoms with Crippen LogP contribution in [-0.4, -0.2) is 38.1 Å². The number of benzene rings is 1. The molecular formula is C22H34N4O2. The van der Waals surface area contributed by atoms with Crippen LogP contribution in [0.25, 0.3) is 0 Å². The van der Waals surface area contributed by atoms with Crippen LogP contribution in [-0.2, 0) is 17.8 Å². The summed E-state index contributed by atoms with van der Waals surface area (Å²) in [7, 11) is 2.13. The normalized spacial score (nSPS) is 17.0. The van der Waals surface area contributed by atoms with Crippen LogP contribution >= 0.6 is 0 Å². The van der Waals surface area contributed by atoms with Crippen LogP contribution in [0.3, 0.4) is 0 Å². The molecule has 1 saturated carbocycles. The van der Waals surface area contributed by atoms with Gasteiger partial charge in [-0.2, -0.15) is 0 Å². The Kier molecular flexibility index (Phi) is 7.57. The minimum atomic E-state index is -0.105. The minimum Gasteiger partial charge on any atom is -0.374 e. The summed E-state index contributed by atoms with van der Waals surface area (Å²) in [5.41, 5.74) is 3.82. The molecule has 0 unspecified atom stereocenters. The van der Waals surface area contributed by atoms with E-state index in [0.29, 0.717) is 32.0 Å². The van der Waals surface area contributed by atoms with E-state index >= 15 is 0 Å². The molecule has 154 valence electrons. The Balaban J connectivity index is 1.30. The molecule has 1 aliphatic carbocycles. The molecule has 0 atom stereocenters. The molecule has 6 nitrogen and oxygen atoms in total. The molecule has 0 spiro atoms. The third-order valence-electron chi connectivity index (χ3n) is 5.79. The van der Waals surface area contributed by atoms with Crippen molar-refractivity contribution < 1.29 is 9.59 Å². The lowest BCUT2D eigenvalue weighted by atomic mass is 9.96. The van der Waals surface area contributed by atoms with Crippen LogP contribution in [0.5, 0.6) is 0 Å². The van der Waals surface area contributed by atoms with Crippen molar-refractivity contribution in [2.24, 2.45) is 0 Å². The maximum Gasteiger partial charge on any atom is 0.315 e. The lowest BCUT2D eigenvalue weighted by Crippen LogP contribution is -2.43. The summed E-state index contributed by atoms with van der Waals surface area (Å²) in [5, 5.41) is 8.88. The number of rotatable bonds is 7. The Bertz CT molecular complexity index is 671. The van der Waals surface area contributed by atoms with Gasteiger partial charge in [-0.3, -0.25) is 4.79 Å². The maximum atomic E-state index is 12.1. The number of urea groups is 1. The average molecular weight is 387 g/mol. The highest BCUT2D eigenvalue weighted by Gasteiger charge is 2.15. The Hall–Kier alpha value is -2.24. The zero-order chi connectivity index (χ0) is 19.8. The number of amides is 3. The summed E-state index contributed by atoms with van der Waals surface area (Å²) < 4.78 is 0. The summed E-state index contributed by atoms with van der Waals surface area (Å²) in [4.78, 5) is 26.2. The fourth-order valence-electron chi connectivity index (χ4n) is 4.17. The largest absolute Gasteiger partial charge is 0.374 e. The highest BCUT2D eigenvalue weighted by Crippen LogP contribution is 2.26. The van der Waals surface area contributed by atoms with Crippen LogP contribution in [0.2, 0.25) is 0 Å². The van der Waals surface area contributed by atoms with Gasteiger partial charge in [0, 0.05) is 44.8 Å². The first kappa shape index (κ1) is 20.5. The van der Waals surface area contributed by atoms with Crippen molar-refractivity contribution in [1.82, 2.24) is 16.0 Å². The van der Waals surface area contributed by atoms with E-state index in [-0.39, 0.29) is 11.9 Å². The molecular weight excluding hydrogens is 352 g/mol. The molecule has 3 amide bonds. The van der Waals surface area contributed by atoms with E-state index in [1.807, 2.05) is 0 Å². The van der Waals surface area contributed by atoms with E-state index in [9.17, 15) is 9.59 Å². The quantitative estimate of drug-likeness (QED) is 0.631. The molecule has 1 aromatic rings. The van der Waals surface area contributed by atoms with E-state index < -0.39 is 0 Å². The van der Waals surface area contributed by atoms with Crippen molar-refractivity contribution >= 4 is 17.6 Å². The number of nitrogens with zero attached hydrogens (tertiary/aromatic N) is 1. The molecule has 6 heteroatoms. The Morgan fingerprint density at radius 1 is 1.11 bits per heavy atom. The summed E-state index contributed by atoms with van der Waals surface area (Å²) in [6.45, 7) is 2.19. The number of nitrogens with one attached hydrogen (secondary N) is 3. The molecule has 0 aromatic heterocycles. The number of anilines is 1. The number of carbonyl (C=O) groups is 2. The van der Waals surface area contributed by atoms with Gasteiger partial charge in [0.1, 0.15) is 0 Å². The van der Waals surface area contributed by atoms with Gasteiger partial charge >= 0.3 is 6.03 Å². The second kappa shape index (κ2) is 10.3. The van der Waals surface area contributed by atoms with Gasteiger partial charge in [0.15, 0.2) is 0 Å². The first-order valence-corrected chi connectivity index (χ1v) is 10.8. The van der Waals surface area contributed by atoms with Gasteiger partial charge in [-0.1, -0.05) is 31.4 Å². The highest BCUT2D eigenvalue weighted by atomic mass is 16.2. The number of fused-ring (bicyclic) bond motifs is 1.